The highest BCUT2D eigenvalue weighted by atomic mass is 35.5. The largest absolute Gasteiger partial charge is 0.456 e. The molecule has 26 heavy (non-hydrogen) atoms. The van der Waals surface area contributed by atoms with Crippen LogP contribution < -0.4 is 0 Å². The van der Waals surface area contributed by atoms with Crippen molar-refractivity contribution < 1.29 is 19.1 Å². The molecule has 1 aromatic carbocycles. The Bertz CT molecular complexity index is 605. The summed E-state index contributed by atoms with van der Waals surface area (Å²) in [7, 11) is 0. The van der Waals surface area contributed by atoms with Crippen LogP contribution in [0.4, 0.5) is 0 Å². The molecule has 5 heteroatoms. The minimum Gasteiger partial charge on any atom is -0.456 e. The molecule has 0 fully saturated rings. The lowest BCUT2D eigenvalue weighted by molar-refractivity contribution is -0.00955. The van der Waals surface area contributed by atoms with Gasteiger partial charge in [0.05, 0.1) is 11.1 Å². The van der Waals surface area contributed by atoms with Crippen molar-refractivity contribution in [3.63, 3.8) is 0 Å². The van der Waals surface area contributed by atoms with Gasteiger partial charge in [0.2, 0.25) is 0 Å². The van der Waals surface area contributed by atoms with E-state index in [4.69, 9.17) is 21.1 Å². The highest BCUT2D eigenvalue weighted by Gasteiger charge is 2.29. The highest BCUT2D eigenvalue weighted by molar-refractivity contribution is 6.32. The van der Waals surface area contributed by atoms with Gasteiger partial charge in [-0.25, -0.2) is 9.59 Å². The van der Waals surface area contributed by atoms with Crippen molar-refractivity contribution in [2.75, 3.05) is 0 Å². The minimum absolute atomic E-state index is 0.141. The second-order valence-corrected chi connectivity index (χ2v) is 8.35. The van der Waals surface area contributed by atoms with Gasteiger partial charge in [-0.15, -0.1) is 0 Å². The van der Waals surface area contributed by atoms with Crippen LogP contribution in [0.2, 0.25) is 5.02 Å². The lowest BCUT2D eigenvalue weighted by atomic mass is 10.0. The van der Waals surface area contributed by atoms with Crippen LogP contribution in [0, 0.1) is 6.92 Å². The van der Waals surface area contributed by atoms with Crippen LogP contribution >= 0.6 is 11.6 Å². The lowest BCUT2D eigenvalue weighted by Gasteiger charge is -2.27. The molecule has 0 heterocycles. The normalized spacial score (nSPS) is 12.0. The molecule has 0 N–H and O–H groups in total. The van der Waals surface area contributed by atoms with Gasteiger partial charge >= 0.3 is 11.9 Å². The van der Waals surface area contributed by atoms with E-state index in [0.29, 0.717) is 10.6 Å². The van der Waals surface area contributed by atoms with E-state index >= 15 is 0 Å². The van der Waals surface area contributed by atoms with E-state index in [2.05, 4.69) is 0 Å². The number of aryl methyl sites for hydroxylation is 1. The first-order valence-corrected chi connectivity index (χ1v) is 9.57. The first-order valence-electron chi connectivity index (χ1n) is 9.19. The SMILES string of the molecule is CCCC(C)(C)OC(=O)c1cc(C)c(Cl)cc1C(=O)OC(C)(C)CCC. The molecule has 0 atom stereocenters. The molecule has 0 spiro atoms. The molecule has 146 valence electrons. The second kappa shape index (κ2) is 8.90. The molecule has 0 aliphatic carbocycles. The smallest absolute Gasteiger partial charge is 0.339 e. The quantitative estimate of drug-likeness (QED) is 0.508. The number of benzene rings is 1. The first kappa shape index (κ1) is 22.5. The van der Waals surface area contributed by atoms with E-state index in [9.17, 15) is 9.59 Å². The number of hydrogen-bond donors (Lipinski definition) is 0. The minimum atomic E-state index is -0.619. The van der Waals surface area contributed by atoms with E-state index < -0.39 is 23.1 Å². The Morgan fingerprint density at radius 1 is 0.885 bits per heavy atom. The Labute approximate surface area is 162 Å². The van der Waals surface area contributed by atoms with Crippen molar-refractivity contribution in [2.24, 2.45) is 0 Å². The summed E-state index contributed by atoms with van der Waals surface area (Å²) in [5, 5.41) is 0.412. The highest BCUT2D eigenvalue weighted by Crippen LogP contribution is 2.27. The van der Waals surface area contributed by atoms with Crippen LogP contribution in [-0.4, -0.2) is 23.1 Å². The van der Waals surface area contributed by atoms with E-state index in [-0.39, 0.29) is 11.1 Å². The summed E-state index contributed by atoms with van der Waals surface area (Å²) in [6.07, 6.45) is 3.23. The maximum atomic E-state index is 12.7. The molecule has 0 aliphatic heterocycles. The van der Waals surface area contributed by atoms with Crippen LogP contribution in [-0.2, 0) is 9.47 Å². The van der Waals surface area contributed by atoms with Crippen LogP contribution in [0.15, 0.2) is 12.1 Å². The van der Waals surface area contributed by atoms with E-state index in [0.717, 1.165) is 25.7 Å². The van der Waals surface area contributed by atoms with Crippen molar-refractivity contribution in [3.05, 3.63) is 33.8 Å². The van der Waals surface area contributed by atoms with Gasteiger partial charge in [-0.3, -0.25) is 0 Å². The fourth-order valence-electron chi connectivity index (χ4n) is 2.94. The zero-order valence-corrected chi connectivity index (χ0v) is 17.8. The number of rotatable bonds is 8. The average molecular weight is 383 g/mol. The van der Waals surface area contributed by atoms with Crippen molar-refractivity contribution in [2.45, 2.75) is 85.4 Å². The fraction of sp³-hybridized carbons (Fsp3) is 0.619. The zero-order chi connectivity index (χ0) is 20.1. The van der Waals surface area contributed by atoms with Gasteiger partial charge in [0.15, 0.2) is 0 Å². The van der Waals surface area contributed by atoms with Crippen molar-refractivity contribution in [1.29, 1.82) is 0 Å². The van der Waals surface area contributed by atoms with Crippen LogP contribution in [0.3, 0.4) is 0 Å². The summed E-state index contributed by atoms with van der Waals surface area (Å²) in [6.45, 7) is 13.3. The van der Waals surface area contributed by atoms with E-state index in [1.165, 1.54) is 6.07 Å². The van der Waals surface area contributed by atoms with Gasteiger partial charge in [0.25, 0.3) is 0 Å². The number of carbonyl (C=O) groups is 2. The molecule has 1 aromatic rings. The summed E-state index contributed by atoms with van der Waals surface area (Å²) in [6, 6.07) is 3.08. The number of hydrogen-bond acceptors (Lipinski definition) is 4. The molecule has 0 amide bonds. The number of carbonyl (C=O) groups excluding carboxylic acids is 2. The third-order valence-electron chi connectivity index (χ3n) is 4.18. The Morgan fingerprint density at radius 2 is 1.27 bits per heavy atom. The molecule has 4 nitrogen and oxygen atoms in total. The summed E-state index contributed by atoms with van der Waals surface area (Å²) >= 11 is 6.19. The molecule has 1 rings (SSSR count). The molecule has 0 saturated heterocycles. The summed E-state index contributed by atoms with van der Waals surface area (Å²) in [4.78, 5) is 25.5. The Morgan fingerprint density at radius 3 is 1.65 bits per heavy atom. The first-order chi connectivity index (χ1) is 11.9. The third-order valence-corrected chi connectivity index (χ3v) is 4.59. The maximum Gasteiger partial charge on any atom is 0.339 e. The molecular weight excluding hydrogens is 352 g/mol. The summed E-state index contributed by atoms with van der Waals surface area (Å²) in [5.41, 5.74) is -0.194. The lowest BCUT2D eigenvalue weighted by Crippen LogP contribution is -2.31. The molecule has 0 bridgehead atoms. The zero-order valence-electron chi connectivity index (χ0n) is 17.0. The van der Waals surface area contributed by atoms with Gasteiger partial charge in [-0.1, -0.05) is 38.3 Å². The van der Waals surface area contributed by atoms with Crippen molar-refractivity contribution in [1.82, 2.24) is 0 Å². The van der Waals surface area contributed by atoms with Gasteiger partial charge in [-0.05, 0) is 65.2 Å². The number of esters is 2. The Balaban J connectivity index is 3.22. The topological polar surface area (TPSA) is 52.6 Å². The fourth-order valence-corrected chi connectivity index (χ4v) is 3.10. The molecule has 0 saturated carbocycles. The molecule has 0 aromatic heterocycles. The van der Waals surface area contributed by atoms with Gasteiger partial charge in [0, 0.05) is 5.02 Å². The van der Waals surface area contributed by atoms with Gasteiger partial charge in [0.1, 0.15) is 11.2 Å². The molecular formula is C21H31ClO4. The Kier molecular flexibility index (Phi) is 7.70. The number of ether oxygens (including phenoxy) is 2. The molecule has 0 unspecified atom stereocenters. The predicted octanol–water partition coefficient (Wildman–Crippen LogP) is 6.12. The second-order valence-electron chi connectivity index (χ2n) is 7.95. The van der Waals surface area contributed by atoms with E-state index in [1.807, 2.05) is 41.5 Å². The summed E-state index contributed by atoms with van der Waals surface area (Å²) in [5.74, 6) is -1.10. The molecule has 0 radical (unpaired) electrons. The number of halogens is 1. The van der Waals surface area contributed by atoms with Crippen molar-refractivity contribution in [3.8, 4) is 0 Å². The van der Waals surface area contributed by atoms with Crippen LogP contribution in [0.1, 0.15) is 93.5 Å². The Hall–Kier alpha value is -1.55. The van der Waals surface area contributed by atoms with E-state index in [1.54, 1.807) is 13.0 Å². The third kappa shape index (κ3) is 6.31. The van der Waals surface area contributed by atoms with Crippen LogP contribution in [0.5, 0.6) is 0 Å². The van der Waals surface area contributed by atoms with Crippen molar-refractivity contribution >= 4 is 23.5 Å². The average Bonchev–Trinajstić information content (AvgIpc) is 2.48. The maximum absolute atomic E-state index is 12.7. The summed E-state index contributed by atoms with van der Waals surface area (Å²) < 4.78 is 11.3. The van der Waals surface area contributed by atoms with Crippen LogP contribution in [0.25, 0.3) is 0 Å². The standard InChI is InChI=1S/C21H31ClO4/c1-8-10-20(4,5)25-18(23)15-12-14(3)17(22)13-16(15)19(24)26-21(6,7)11-9-2/h12-13H,8-11H2,1-7H3. The van der Waals surface area contributed by atoms with Gasteiger partial charge in [-0.2, -0.15) is 0 Å². The predicted molar refractivity (Wildman–Crippen MR) is 105 cm³/mol. The molecule has 0 aliphatic rings. The monoisotopic (exact) mass is 382 g/mol. The van der Waals surface area contributed by atoms with Gasteiger partial charge < -0.3 is 9.47 Å².